The van der Waals surface area contributed by atoms with E-state index in [1.807, 2.05) is 27.0 Å². The molecule has 1 amide bonds. The fraction of sp³-hybridized carbons (Fsp3) is 0.800. The highest BCUT2D eigenvalue weighted by Gasteiger charge is 2.23. The van der Waals surface area contributed by atoms with E-state index >= 15 is 0 Å². The molecule has 0 saturated heterocycles. The third-order valence-corrected chi connectivity index (χ3v) is 3.07. The lowest BCUT2D eigenvalue weighted by atomic mass is 9.98. The number of rotatable bonds is 6. The molecule has 5 heteroatoms. The van der Waals surface area contributed by atoms with Crippen molar-refractivity contribution in [1.82, 2.24) is 5.32 Å². The highest BCUT2D eigenvalue weighted by Crippen LogP contribution is 2.13. The Labute approximate surface area is 94.8 Å². The van der Waals surface area contributed by atoms with Crippen LogP contribution in [-0.4, -0.2) is 34.0 Å². The molecule has 0 spiro atoms. The number of carboxylic acid groups (broad SMARTS) is 1. The molecule has 0 aromatic heterocycles. The number of amides is 1. The Balaban J connectivity index is 4.12. The maximum Gasteiger partial charge on any atom is 0.303 e. The number of nitrogens with one attached hydrogen (secondary N) is 1. The summed E-state index contributed by atoms with van der Waals surface area (Å²) >= 11 is 1.47. The lowest BCUT2D eigenvalue weighted by Gasteiger charge is -2.27. The van der Waals surface area contributed by atoms with Gasteiger partial charge in [-0.25, -0.2) is 0 Å². The van der Waals surface area contributed by atoms with Gasteiger partial charge in [-0.1, -0.05) is 0 Å². The second kappa shape index (κ2) is 6.00. The van der Waals surface area contributed by atoms with E-state index in [0.717, 1.165) is 0 Å². The lowest BCUT2D eigenvalue weighted by molar-refractivity contribution is -0.137. The third-order valence-electron chi connectivity index (χ3n) is 2.15. The van der Waals surface area contributed by atoms with Crippen molar-refractivity contribution >= 4 is 23.6 Å². The smallest absolute Gasteiger partial charge is 0.303 e. The molecule has 0 aliphatic rings. The summed E-state index contributed by atoms with van der Waals surface area (Å²) in [6.07, 6.45) is 2.38. The van der Waals surface area contributed by atoms with Crippen LogP contribution in [0.15, 0.2) is 0 Å². The minimum atomic E-state index is -0.838. The molecule has 0 saturated carbocycles. The maximum atomic E-state index is 11.6. The van der Waals surface area contributed by atoms with E-state index in [2.05, 4.69) is 5.32 Å². The van der Waals surface area contributed by atoms with Crippen molar-refractivity contribution in [2.75, 3.05) is 6.26 Å². The number of carboxylic acids is 1. The van der Waals surface area contributed by atoms with E-state index in [9.17, 15) is 9.59 Å². The highest BCUT2D eigenvalue weighted by molar-refractivity contribution is 7.99. The largest absolute Gasteiger partial charge is 0.481 e. The quantitative estimate of drug-likeness (QED) is 0.729. The SMILES string of the molecule is CSC(C)C(=O)NC(C)(C)CCC(=O)O. The van der Waals surface area contributed by atoms with Crippen molar-refractivity contribution in [3.63, 3.8) is 0 Å². The summed E-state index contributed by atoms with van der Waals surface area (Å²) in [5.41, 5.74) is -0.459. The van der Waals surface area contributed by atoms with Crippen molar-refractivity contribution in [2.45, 2.75) is 44.4 Å². The molecule has 0 rings (SSSR count). The zero-order valence-electron chi connectivity index (χ0n) is 9.66. The molecular formula is C10H19NO3S. The fourth-order valence-corrected chi connectivity index (χ4v) is 1.30. The Morgan fingerprint density at radius 3 is 2.40 bits per heavy atom. The molecule has 0 fully saturated rings. The third kappa shape index (κ3) is 6.38. The van der Waals surface area contributed by atoms with Gasteiger partial charge in [-0.05, 0) is 33.4 Å². The topological polar surface area (TPSA) is 66.4 Å². The molecule has 2 N–H and O–H groups in total. The lowest BCUT2D eigenvalue weighted by Crippen LogP contribution is -2.46. The first-order chi connectivity index (χ1) is 6.78. The molecule has 1 atom stereocenters. The Bertz CT molecular complexity index is 241. The van der Waals surface area contributed by atoms with Gasteiger partial charge in [-0.2, -0.15) is 11.8 Å². The van der Waals surface area contributed by atoms with Gasteiger partial charge in [0.25, 0.3) is 0 Å². The summed E-state index contributed by atoms with van der Waals surface area (Å²) in [6, 6.07) is 0. The normalized spacial score (nSPS) is 13.3. The molecular weight excluding hydrogens is 214 g/mol. The standard InChI is InChI=1S/C10H19NO3S/c1-7(15-4)9(14)11-10(2,3)6-5-8(12)13/h7H,5-6H2,1-4H3,(H,11,14)(H,12,13). The van der Waals surface area contributed by atoms with Gasteiger partial charge in [0.05, 0.1) is 5.25 Å². The van der Waals surface area contributed by atoms with Crippen LogP contribution in [-0.2, 0) is 9.59 Å². The summed E-state index contributed by atoms with van der Waals surface area (Å²) in [5.74, 6) is -0.881. The molecule has 0 aromatic rings. The van der Waals surface area contributed by atoms with E-state index in [1.165, 1.54) is 11.8 Å². The predicted molar refractivity (Wildman–Crippen MR) is 62.1 cm³/mol. The Morgan fingerprint density at radius 1 is 1.47 bits per heavy atom. The van der Waals surface area contributed by atoms with Crippen LogP contribution < -0.4 is 5.32 Å². The molecule has 88 valence electrons. The van der Waals surface area contributed by atoms with Crippen molar-refractivity contribution in [1.29, 1.82) is 0 Å². The number of carbonyl (C=O) groups is 2. The molecule has 15 heavy (non-hydrogen) atoms. The van der Waals surface area contributed by atoms with Crippen LogP contribution in [0.1, 0.15) is 33.6 Å². The summed E-state index contributed by atoms with van der Waals surface area (Å²) in [6.45, 7) is 5.50. The molecule has 0 aromatic carbocycles. The zero-order chi connectivity index (χ0) is 12.1. The molecule has 0 aliphatic heterocycles. The highest BCUT2D eigenvalue weighted by atomic mass is 32.2. The molecule has 1 unspecified atom stereocenters. The number of aliphatic carboxylic acids is 1. The van der Waals surface area contributed by atoms with Gasteiger partial charge >= 0.3 is 5.97 Å². The number of hydrogen-bond donors (Lipinski definition) is 2. The molecule has 0 aliphatic carbocycles. The Hall–Kier alpha value is -0.710. The van der Waals surface area contributed by atoms with Crippen LogP contribution in [0.4, 0.5) is 0 Å². The van der Waals surface area contributed by atoms with Crippen molar-refractivity contribution < 1.29 is 14.7 Å². The second-order valence-corrected chi connectivity index (χ2v) is 5.32. The van der Waals surface area contributed by atoms with Crippen LogP contribution in [0.2, 0.25) is 0 Å². The van der Waals surface area contributed by atoms with Gasteiger partial charge in [-0.15, -0.1) is 0 Å². The minimum absolute atomic E-state index is 0.0436. The van der Waals surface area contributed by atoms with Crippen LogP contribution >= 0.6 is 11.8 Å². The Morgan fingerprint density at radius 2 is 2.00 bits per heavy atom. The van der Waals surface area contributed by atoms with E-state index in [0.29, 0.717) is 6.42 Å². The van der Waals surface area contributed by atoms with Crippen LogP contribution in [0.5, 0.6) is 0 Å². The minimum Gasteiger partial charge on any atom is -0.481 e. The monoisotopic (exact) mass is 233 g/mol. The average molecular weight is 233 g/mol. The zero-order valence-corrected chi connectivity index (χ0v) is 10.5. The number of hydrogen-bond acceptors (Lipinski definition) is 3. The second-order valence-electron chi connectivity index (χ2n) is 4.14. The molecule has 4 nitrogen and oxygen atoms in total. The van der Waals surface area contributed by atoms with Crippen molar-refractivity contribution in [3.8, 4) is 0 Å². The van der Waals surface area contributed by atoms with E-state index in [-0.39, 0.29) is 17.6 Å². The number of carbonyl (C=O) groups excluding carboxylic acids is 1. The first-order valence-electron chi connectivity index (χ1n) is 4.85. The van der Waals surface area contributed by atoms with Gasteiger partial charge < -0.3 is 10.4 Å². The summed E-state index contributed by atoms with van der Waals surface area (Å²) in [4.78, 5) is 22.0. The van der Waals surface area contributed by atoms with Gasteiger partial charge in [0.2, 0.25) is 5.91 Å². The van der Waals surface area contributed by atoms with Gasteiger partial charge in [0.15, 0.2) is 0 Å². The van der Waals surface area contributed by atoms with Crippen LogP contribution in [0.3, 0.4) is 0 Å². The van der Waals surface area contributed by atoms with E-state index < -0.39 is 11.5 Å². The molecule has 0 bridgehead atoms. The van der Waals surface area contributed by atoms with Gasteiger partial charge in [0.1, 0.15) is 0 Å². The van der Waals surface area contributed by atoms with E-state index in [4.69, 9.17) is 5.11 Å². The first-order valence-corrected chi connectivity index (χ1v) is 6.14. The summed E-state index contributed by atoms with van der Waals surface area (Å²) in [5, 5.41) is 11.3. The van der Waals surface area contributed by atoms with Crippen molar-refractivity contribution in [2.24, 2.45) is 0 Å². The fourth-order valence-electron chi connectivity index (χ4n) is 1.02. The maximum absolute atomic E-state index is 11.6. The Kier molecular flexibility index (Phi) is 5.72. The van der Waals surface area contributed by atoms with Crippen LogP contribution in [0, 0.1) is 0 Å². The predicted octanol–water partition coefficient (Wildman–Crippen LogP) is 1.50. The molecule has 0 radical (unpaired) electrons. The number of thioether (sulfide) groups is 1. The summed E-state index contributed by atoms with van der Waals surface area (Å²) in [7, 11) is 0. The van der Waals surface area contributed by atoms with Crippen LogP contribution in [0.25, 0.3) is 0 Å². The average Bonchev–Trinajstić information content (AvgIpc) is 2.13. The van der Waals surface area contributed by atoms with Gasteiger partial charge in [-0.3, -0.25) is 9.59 Å². The van der Waals surface area contributed by atoms with Crippen molar-refractivity contribution in [3.05, 3.63) is 0 Å². The van der Waals surface area contributed by atoms with Gasteiger partial charge in [0, 0.05) is 12.0 Å². The molecule has 0 heterocycles. The van der Waals surface area contributed by atoms with E-state index in [1.54, 1.807) is 0 Å². The first kappa shape index (κ1) is 14.3. The summed E-state index contributed by atoms with van der Waals surface area (Å²) < 4.78 is 0.